The maximum absolute atomic E-state index is 5.94. The highest BCUT2D eigenvalue weighted by atomic mass is 16.5. The molecule has 1 saturated heterocycles. The summed E-state index contributed by atoms with van der Waals surface area (Å²) >= 11 is 0. The van der Waals surface area contributed by atoms with Crippen molar-refractivity contribution in [3.8, 4) is 0 Å². The molecular weight excluding hydrogens is 224 g/mol. The van der Waals surface area contributed by atoms with E-state index in [9.17, 15) is 0 Å². The number of likely N-dealkylation sites (N-methyl/N-ethyl adjacent to an activating group) is 1. The van der Waals surface area contributed by atoms with Gasteiger partial charge in [-0.2, -0.15) is 0 Å². The summed E-state index contributed by atoms with van der Waals surface area (Å²) in [5.74, 6) is 0.654. The van der Waals surface area contributed by atoms with E-state index in [1.54, 1.807) is 0 Å². The van der Waals surface area contributed by atoms with Crippen LogP contribution < -0.4 is 5.73 Å². The van der Waals surface area contributed by atoms with Gasteiger partial charge in [-0.25, -0.2) is 0 Å². The van der Waals surface area contributed by atoms with Crippen LogP contribution in [0.1, 0.15) is 24.4 Å². The number of hydrogen-bond acceptors (Lipinski definition) is 3. The van der Waals surface area contributed by atoms with Crippen molar-refractivity contribution in [3.05, 3.63) is 35.9 Å². The molecule has 0 amide bonds. The van der Waals surface area contributed by atoms with E-state index >= 15 is 0 Å². The Bertz CT molecular complexity index is 336. The largest absolute Gasteiger partial charge is 0.381 e. The SMILES string of the molecule is CN(CC1CCCOC1)C(CN)c1ccccc1. The molecule has 1 aliphatic heterocycles. The van der Waals surface area contributed by atoms with E-state index in [1.807, 2.05) is 6.07 Å². The van der Waals surface area contributed by atoms with Crippen LogP contribution in [0.4, 0.5) is 0 Å². The second kappa shape index (κ2) is 6.88. The Labute approximate surface area is 110 Å². The van der Waals surface area contributed by atoms with Crippen LogP contribution in [-0.2, 0) is 4.74 Å². The van der Waals surface area contributed by atoms with Gasteiger partial charge in [0.2, 0.25) is 0 Å². The maximum Gasteiger partial charge on any atom is 0.0506 e. The third-order valence-corrected chi connectivity index (χ3v) is 3.74. The molecule has 0 saturated carbocycles. The number of rotatable bonds is 5. The maximum atomic E-state index is 5.94. The molecule has 2 N–H and O–H groups in total. The third-order valence-electron chi connectivity index (χ3n) is 3.74. The topological polar surface area (TPSA) is 38.5 Å². The van der Waals surface area contributed by atoms with Crippen LogP contribution in [0.25, 0.3) is 0 Å². The summed E-state index contributed by atoms with van der Waals surface area (Å²) in [6.07, 6.45) is 2.47. The molecule has 1 aromatic rings. The van der Waals surface area contributed by atoms with Crippen molar-refractivity contribution >= 4 is 0 Å². The van der Waals surface area contributed by atoms with Gasteiger partial charge < -0.3 is 10.5 Å². The van der Waals surface area contributed by atoms with E-state index in [0.29, 0.717) is 18.5 Å². The van der Waals surface area contributed by atoms with Crippen molar-refractivity contribution in [1.29, 1.82) is 0 Å². The fourth-order valence-electron chi connectivity index (χ4n) is 2.73. The first kappa shape index (κ1) is 13.5. The van der Waals surface area contributed by atoms with E-state index in [-0.39, 0.29) is 0 Å². The van der Waals surface area contributed by atoms with Gasteiger partial charge in [-0.3, -0.25) is 4.90 Å². The highest BCUT2D eigenvalue weighted by molar-refractivity contribution is 5.19. The van der Waals surface area contributed by atoms with Gasteiger partial charge in [0.25, 0.3) is 0 Å². The number of nitrogens with two attached hydrogens (primary N) is 1. The van der Waals surface area contributed by atoms with E-state index in [2.05, 4.69) is 36.2 Å². The highest BCUT2D eigenvalue weighted by Crippen LogP contribution is 2.21. The Morgan fingerprint density at radius 2 is 2.17 bits per heavy atom. The van der Waals surface area contributed by atoms with Gasteiger partial charge in [0.15, 0.2) is 0 Å². The van der Waals surface area contributed by atoms with E-state index in [4.69, 9.17) is 10.5 Å². The minimum atomic E-state index is 0.313. The molecule has 1 aliphatic rings. The number of nitrogens with zero attached hydrogens (tertiary/aromatic N) is 1. The molecule has 0 bridgehead atoms. The van der Waals surface area contributed by atoms with E-state index in [0.717, 1.165) is 19.8 Å². The van der Waals surface area contributed by atoms with Crippen LogP contribution in [0.5, 0.6) is 0 Å². The first-order valence-corrected chi connectivity index (χ1v) is 6.84. The van der Waals surface area contributed by atoms with E-state index in [1.165, 1.54) is 18.4 Å². The average Bonchev–Trinajstić information content (AvgIpc) is 2.42. The van der Waals surface area contributed by atoms with Crippen molar-refractivity contribution in [3.63, 3.8) is 0 Å². The second-order valence-corrected chi connectivity index (χ2v) is 5.18. The summed E-state index contributed by atoms with van der Waals surface area (Å²) in [6.45, 7) is 3.56. The van der Waals surface area contributed by atoms with Crippen molar-refractivity contribution in [2.75, 3.05) is 33.4 Å². The van der Waals surface area contributed by atoms with Gasteiger partial charge in [-0.1, -0.05) is 30.3 Å². The molecule has 3 heteroatoms. The number of hydrogen-bond donors (Lipinski definition) is 1. The molecule has 0 aromatic heterocycles. The predicted molar refractivity (Wildman–Crippen MR) is 74.4 cm³/mol. The normalized spacial score (nSPS) is 22.1. The highest BCUT2D eigenvalue weighted by Gasteiger charge is 2.21. The molecule has 2 rings (SSSR count). The molecule has 1 aromatic carbocycles. The average molecular weight is 248 g/mol. The van der Waals surface area contributed by atoms with Crippen LogP contribution >= 0.6 is 0 Å². The summed E-state index contributed by atoms with van der Waals surface area (Å²) in [7, 11) is 2.17. The zero-order valence-corrected chi connectivity index (χ0v) is 11.2. The lowest BCUT2D eigenvalue weighted by atomic mass is 9.99. The Balaban J connectivity index is 1.94. The fourth-order valence-corrected chi connectivity index (χ4v) is 2.73. The number of benzene rings is 1. The second-order valence-electron chi connectivity index (χ2n) is 5.18. The van der Waals surface area contributed by atoms with Crippen LogP contribution in [0.2, 0.25) is 0 Å². The molecule has 2 unspecified atom stereocenters. The number of ether oxygens (including phenoxy) is 1. The van der Waals surface area contributed by atoms with Gasteiger partial charge >= 0.3 is 0 Å². The zero-order chi connectivity index (χ0) is 12.8. The molecule has 1 heterocycles. The van der Waals surface area contributed by atoms with Crippen molar-refractivity contribution in [2.45, 2.75) is 18.9 Å². The molecule has 3 nitrogen and oxygen atoms in total. The predicted octanol–water partition coefficient (Wildman–Crippen LogP) is 2.04. The monoisotopic (exact) mass is 248 g/mol. The van der Waals surface area contributed by atoms with Crippen molar-refractivity contribution in [1.82, 2.24) is 4.90 Å². The van der Waals surface area contributed by atoms with Gasteiger partial charge in [0.1, 0.15) is 0 Å². The molecule has 0 aliphatic carbocycles. The Hall–Kier alpha value is -0.900. The Morgan fingerprint density at radius 3 is 2.78 bits per heavy atom. The summed E-state index contributed by atoms with van der Waals surface area (Å²) in [6, 6.07) is 10.8. The summed E-state index contributed by atoms with van der Waals surface area (Å²) in [5.41, 5.74) is 7.24. The van der Waals surface area contributed by atoms with Crippen LogP contribution in [0.15, 0.2) is 30.3 Å². The van der Waals surface area contributed by atoms with Crippen LogP contribution in [0.3, 0.4) is 0 Å². The minimum absolute atomic E-state index is 0.313. The van der Waals surface area contributed by atoms with Crippen molar-refractivity contribution in [2.24, 2.45) is 11.7 Å². The molecule has 100 valence electrons. The zero-order valence-electron chi connectivity index (χ0n) is 11.2. The third kappa shape index (κ3) is 3.55. The Kier molecular flexibility index (Phi) is 5.17. The standard InChI is InChI=1S/C15H24N2O/c1-17(11-13-6-5-9-18-12-13)15(10-16)14-7-3-2-4-8-14/h2-4,7-8,13,15H,5-6,9-12,16H2,1H3. The smallest absolute Gasteiger partial charge is 0.0506 e. The minimum Gasteiger partial charge on any atom is -0.381 e. The summed E-state index contributed by atoms with van der Waals surface area (Å²) in [5, 5.41) is 0. The van der Waals surface area contributed by atoms with Crippen LogP contribution in [-0.4, -0.2) is 38.3 Å². The molecule has 0 spiro atoms. The van der Waals surface area contributed by atoms with Gasteiger partial charge in [0, 0.05) is 25.7 Å². The lowest BCUT2D eigenvalue weighted by Crippen LogP contribution is -2.36. The van der Waals surface area contributed by atoms with Gasteiger partial charge in [0.05, 0.1) is 6.61 Å². The molecule has 2 atom stereocenters. The van der Waals surface area contributed by atoms with Gasteiger partial charge in [-0.15, -0.1) is 0 Å². The quantitative estimate of drug-likeness (QED) is 0.866. The van der Waals surface area contributed by atoms with Gasteiger partial charge in [-0.05, 0) is 31.4 Å². The summed E-state index contributed by atoms with van der Waals surface area (Å²) < 4.78 is 5.54. The molecule has 1 fully saturated rings. The van der Waals surface area contributed by atoms with E-state index < -0.39 is 0 Å². The first-order valence-electron chi connectivity index (χ1n) is 6.84. The van der Waals surface area contributed by atoms with Crippen molar-refractivity contribution < 1.29 is 4.74 Å². The molecule has 18 heavy (non-hydrogen) atoms. The molecule has 0 radical (unpaired) electrons. The Morgan fingerprint density at radius 1 is 1.39 bits per heavy atom. The summed E-state index contributed by atoms with van der Waals surface area (Å²) in [4.78, 5) is 2.37. The lowest BCUT2D eigenvalue weighted by Gasteiger charge is -2.32. The fraction of sp³-hybridized carbons (Fsp3) is 0.600. The lowest BCUT2D eigenvalue weighted by molar-refractivity contribution is 0.0365. The molecular formula is C15H24N2O. The van der Waals surface area contributed by atoms with Crippen LogP contribution in [0, 0.1) is 5.92 Å². The first-order chi connectivity index (χ1) is 8.81.